The number of benzene rings is 2. The van der Waals surface area contributed by atoms with Gasteiger partial charge in [0.15, 0.2) is 6.04 Å². The van der Waals surface area contributed by atoms with Crippen molar-refractivity contribution in [2.24, 2.45) is 4.99 Å². The highest BCUT2D eigenvalue weighted by molar-refractivity contribution is 6.13. The number of hydrogen-bond donors (Lipinski definition) is 0. The summed E-state index contributed by atoms with van der Waals surface area (Å²) in [4.78, 5) is 25.3. The van der Waals surface area contributed by atoms with Crippen LogP contribution in [0.15, 0.2) is 84.2 Å². The molecule has 1 heterocycles. The Morgan fingerprint density at radius 1 is 0.960 bits per heavy atom. The van der Waals surface area contributed by atoms with Gasteiger partial charge >= 0.3 is 5.97 Å². The summed E-state index contributed by atoms with van der Waals surface area (Å²) in [5.74, 6) is -0.482. The van der Waals surface area contributed by atoms with Gasteiger partial charge in [-0.05, 0) is 0 Å². The van der Waals surface area contributed by atoms with Gasteiger partial charge in [-0.2, -0.15) is 0 Å². The maximum atomic E-state index is 12.3. The Kier molecular flexibility index (Phi) is 5.26. The molecular formula is C20H17N3O2. The molecule has 0 spiro atoms. The van der Waals surface area contributed by atoms with E-state index in [1.54, 1.807) is 6.20 Å². The summed E-state index contributed by atoms with van der Waals surface area (Å²) in [6, 6.07) is 18.5. The second-order valence-corrected chi connectivity index (χ2v) is 5.27. The molecule has 0 aliphatic rings. The minimum absolute atomic E-state index is 0.443. The summed E-state index contributed by atoms with van der Waals surface area (Å²) in [6.07, 6.45) is 4.61. The first kappa shape index (κ1) is 16.5. The van der Waals surface area contributed by atoms with E-state index in [0.29, 0.717) is 11.4 Å². The molecule has 0 amide bonds. The number of esters is 1. The minimum atomic E-state index is -0.880. The zero-order valence-electron chi connectivity index (χ0n) is 13.7. The number of methoxy groups -OCH3 is 1. The second-order valence-electron chi connectivity index (χ2n) is 5.27. The molecule has 3 aromatic rings. The van der Waals surface area contributed by atoms with E-state index in [1.165, 1.54) is 19.5 Å². The van der Waals surface area contributed by atoms with Crippen molar-refractivity contribution in [3.05, 3.63) is 96.1 Å². The largest absolute Gasteiger partial charge is 0.467 e. The molecule has 0 aliphatic carbocycles. The number of rotatable bonds is 5. The Morgan fingerprint density at radius 2 is 1.56 bits per heavy atom. The summed E-state index contributed by atoms with van der Waals surface area (Å²) in [7, 11) is 1.34. The van der Waals surface area contributed by atoms with E-state index in [-0.39, 0.29) is 0 Å². The average molecular weight is 331 g/mol. The lowest BCUT2D eigenvalue weighted by Gasteiger charge is -2.13. The van der Waals surface area contributed by atoms with Crippen LogP contribution in [-0.4, -0.2) is 28.8 Å². The highest BCUT2D eigenvalue weighted by atomic mass is 16.5. The van der Waals surface area contributed by atoms with Crippen molar-refractivity contribution in [2.45, 2.75) is 6.04 Å². The zero-order chi connectivity index (χ0) is 17.5. The lowest BCUT2D eigenvalue weighted by atomic mass is 10.0. The first-order chi connectivity index (χ1) is 12.3. The summed E-state index contributed by atoms with van der Waals surface area (Å²) < 4.78 is 4.93. The van der Waals surface area contributed by atoms with E-state index in [9.17, 15) is 4.79 Å². The molecule has 0 saturated carbocycles. The van der Waals surface area contributed by atoms with Crippen LogP contribution in [0.25, 0.3) is 0 Å². The maximum Gasteiger partial charge on any atom is 0.336 e. The lowest BCUT2D eigenvalue weighted by Crippen LogP contribution is -2.17. The monoisotopic (exact) mass is 331 g/mol. The van der Waals surface area contributed by atoms with Crippen LogP contribution < -0.4 is 0 Å². The molecule has 0 radical (unpaired) electrons. The fourth-order valence-corrected chi connectivity index (χ4v) is 2.44. The van der Waals surface area contributed by atoms with Crippen LogP contribution in [0.4, 0.5) is 0 Å². The maximum absolute atomic E-state index is 12.3. The van der Waals surface area contributed by atoms with Crippen LogP contribution in [0, 0.1) is 0 Å². The van der Waals surface area contributed by atoms with Crippen LogP contribution >= 0.6 is 0 Å². The molecule has 0 saturated heterocycles. The van der Waals surface area contributed by atoms with Crippen LogP contribution in [0.1, 0.15) is 22.9 Å². The number of nitrogens with zero attached hydrogens (tertiary/aromatic N) is 3. The number of aliphatic imine (C=N–C) groups is 1. The van der Waals surface area contributed by atoms with Gasteiger partial charge in [-0.25, -0.2) is 4.79 Å². The van der Waals surface area contributed by atoms with Gasteiger partial charge in [0, 0.05) is 23.5 Å². The van der Waals surface area contributed by atoms with Crippen LogP contribution in [0.3, 0.4) is 0 Å². The fourth-order valence-electron chi connectivity index (χ4n) is 2.44. The third-order valence-electron chi connectivity index (χ3n) is 3.64. The highest BCUT2D eigenvalue weighted by Gasteiger charge is 2.23. The Labute approximate surface area is 146 Å². The average Bonchev–Trinajstić information content (AvgIpc) is 2.70. The lowest BCUT2D eigenvalue weighted by molar-refractivity contribution is -0.142. The van der Waals surface area contributed by atoms with E-state index in [2.05, 4.69) is 9.97 Å². The molecule has 0 bridgehead atoms. The Morgan fingerprint density at radius 3 is 2.04 bits per heavy atom. The molecule has 1 unspecified atom stereocenters. The first-order valence-electron chi connectivity index (χ1n) is 7.82. The second kappa shape index (κ2) is 7.97. The van der Waals surface area contributed by atoms with E-state index in [0.717, 1.165) is 11.1 Å². The Hall–Kier alpha value is -3.34. The summed E-state index contributed by atoms with van der Waals surface area (Å²) >= 11 is 0. The van der Waals surface area contributed by atoms with Crippen molar-refractivity contribution in [2.75, 3.05) is 7.11 Å². The molecule has 0 fully saturated rings. The van der Waals surface area contributed by atoms with E-state index in [4.69, 9.17) is 9.73 Å². The van der Waals surface area contributed by atoms with Gasteiger partial charge in [-0.15, -0.1) is 0 Å². The van der Waals surface area contributed by atoms with Gasteiger partial charge in [0.05, 0.1) is 24.7 Å². The third kappa shape index (κ3) is 3.95. The zero-order valence-corrected chi connectivity index (χ0v) is 13.7. The fraction of sp³-hybridized carbons (Fsp3) is 0.100. The first-order valence-corrected chi connectivity index (χ1v) is 7.82. The number of carbonyl (C=O) groups is 1. The molecule has 0 N–H and O–H groups in total. The van der Waals surface area contributed by atoms with Gasteiger partial charge in [0.2, 0.25) is 0 Å². The van der Waals surface area contributed by atoms with Gasteiger partial charge in [-0.1, -0.05) is 60.7 Å². The molecule has 1 atom stereocenters. The topological polar surface area (TPSA) is 64.4 Å². The molecule has 3 rings (SSSR count). The van der Waals surface area contributed by atoms with Crippen LogP contribution in [0.2, 0.25) is 0 Å². The normalized spacial score (nSPS) is 11.4. The minimum Gasteiger partial charge on any atom is -0.467 e. The molecule has 5 nitrogen and oxygen atoms in total. The van der Waals surface area contributed by atoms with Crippen LogP contribution in [0.5, 0.6) is 0 Å². The molecule has 25 heavy (non-hydrogen) atoms. The van der Waals surface area contributed by atoms with Crippen LogP contribution in [-0.2, 0) is 9.53 Å². The Bertz CT molecular complexity index is 808. The van der Waals surface area contributed by atoms with Crippen molar-refractivity contribution in [3.63, 3.8) is 0 Å². The Balaban J connectivity index is 2.14. The van der Waals surface area contributed by atoms with E-state index in [1.807, 2.05) is 60.7 Å². The predicted octanol–water partition coefficient (Wildman–Crippen LogP) is 3.23. The summed E-state index contributed by atoms with van der Waals surface area (Å²) in [5, 5.41) is 0. The van der Waals surface area contributed by atoms with E-state index >= 15 is 0 Å². The molecule has 5 heteroatoms. The SMILES string of the molecule is COC(=O)C(N=C(c1ccccc1)c1ccccc1)c1cnccn1. The van der Waals surface area contributed by atoms with Crippen molar-refractivity contribution in [3.8, 4) is 0 Å². The van der Waals surface area contributed by atoms with Crippen molar-refractivity contribution in [1.82, 2.24) is 9.97 Å². The molecule has 124 valence electrons. The van der Waals surface area contributed by atoms with Crippen molar-refractivity contribution >= 4 is 11.7 Å². The number of hydrogen-bond acceptors (Lipinski definition) is 5. The van der Waals surface area contributed by atoms with Gasteiger partial charge in [-0.3, -0.25) is 15.0 Å². The predicted molar refractivity (Wildman–Crippen MR) is 95.3 cm³/mol. The molecule has 2 aromatic carbocycles. The number of aromatic nitrogens is 2. The quantitative estimate of drug-likeness (QED) is 0.532. The molecular weight excluding hydrogens is 314 g/mol. The number of ether oxygens (including phenoxy) is 1. The van der Waals surface area contributed by atoms with Gasteiger partial charge in [0.25, 0.3) is 0 Å². The summed E-state index contributed by atoms with van der Waals surface area (Å²) in [6.45, 7) is 0. The van der Waals surface area contributed by atoms with Crippen molar-refractivity contribution < 1.29 is 9.53 Å². The number of carbonyl (C=O) groups excluding carboxylic acids is 1. The standard InChI is InChI=1S/C20H17N3O2/c1-25-20(24)19(17-14-21-12-13-22-17)23-18(15-8-4-2-5-9-15)16-10-6-3-7-11-16/h2-14,19H,1H3. The third-order valence-corrected chi connectivity index (χ3v) is 3.64. The van der Waals surface area contributed by atoms with Gasteiger partial charge < -0.3 is 4.74 Å². The molecule has 0 aliphatic heterocycles. The highest BCUT2D eigenvalue weighted by Crippen LogP contribution is 2.20. The summed E-state index contributed by atoms with van der Waals surface area (Å²) in [5.41, 5.74) is 2.96. The van der Waals surface area contributed by atoms with Gasteiger partial charge in [0.1, 0.15) is 0 Å². The van der Waals surface area contributed by atoms with E-state index < -0.39 is 12.0 Å². The molecule has 1 aromatic heterocycles. The smallest absolute Gasteiger partial charge is 0.336 e. The van der Waals surface area contributed by atoms with Crippen molar-refractivity contribution in [1.29, 1.82) is 0 Å².